The third-order valence-corrected chi connectivity index (χ3v) is 6.69. The fourth-order valence-corrected chi connectivity index (χ4v) is 4.51. The van der Waals surface area contributed by atoms with Crippen molar-refractivity contribution in [2.75, 3.05) is 24.7 Å². The number of hydrogen-bond acceptors (Lipinski definition) is 7. The molecule has 42 heavy (non-hydrogen) atoms. The molecular weight excluding hydrogens is 532 g/mol. The van der Waals surface area contributed by atoms with Gasteiger partial charge in [0.2, 0.25) is 0 Å². The fraction of sp³-hybridized carbons (Fsp3) is 0.235. The smallest absolute Gasteiger partial charge is 0.336 e. The Hall–Kier alpha value is -4.98. The van der Waals surface area contributed by atoms with Crippen molar-refractivity contribution in [1.29, 1.82) is 0 Å². The molecular formula is C34H36N2O6. The van der Waals surface area contributed by atoms with Gasteiger partial charge in [-0.05, 0) is 95.8 Å². The van der Waals surface area contributed by atoms with Crippen LogP contribution in [0.5, 0.6) is 17.2 Å². The molecule has 0 aliphatic heterocycles. The first-order chi connectivity index (χ1) is 20.3. The summed E-state index contributed by atoms with van der Waals surface area (Å²) in [4.78, 5) is 23.9. The molecule has 0 bridgehead atoms. The van der Waals surface area contributed by atoms with Crippen LogP contribution < -0.4 is 25.7 Å². The number of carboxylic acid groups (broad SMARTS) is 1. The third kappa shape index (κ3) is 8.51. The number of esters is 1. The molecule has 0 heterocycles. The molecule has 0 saturated carbocycles. The van der Waals surface area contributed by atoms with E-state index in [1.165, 1.54) is 12.1 Å². The lowest BCUT2D eigenvalue weighted by molar-refractivity contribution is -0.128. The third-order valence-electron chi connectivity index (χ3n) is 6.69. The van der Waals surface area contributed by atoms with Crippen molar-refractivity contribution in [3.63, 3.8) is 0 Å². The molecule has 0 unspecified atom stereocenters. The van der Waals surface area contributed by atoms with Gasteiger partial charge in [-0.1, -0.05) is 44.0 Å². The molecule has 0 aromatic heterocycles. The van der Waals surface area contributed by atoms with Gasteiger partial charge >= 0.3 is 11.9 Å². The highest BCUT2D eigenvalue weighted by Gasteiger charge is 2.14. The minimum Gasteiger partial charge on any atom is -0.494 e. The Kier molecular flexibility index (Phi) is 10.4. The van der Waals surface area contributed by atoms with Crippen LogP contribution in [0.2, 0.25) is 0 Å². The minimum absolute atomic E-state index is 0.111. The fourth-order valence-electron chi connectivity index (χ4n) is 4.51. The molecule has 8 nitrogen and oxygen atoms in total. The van der Waals surface area contributed by atoms with Gasteiger partial charge in [-0.25, -0.2) is 9.59 Å². The first-order valence-corrected chi connectivity index (χ1v) is 14.0. The van der Waals surface area contributed by atoms with Crippen LogP contribution in [0.15, 0.2) is 78.9 Å². The summed E-state index contributed by atoms with van der Waals surface area (Å²) in [5.41, 5.74) is 13.9. The summed E-state index contributed by atoms with van der Waals surface area (Å²) in [7, 11) is 0. The first-order valence-electron chi connectivity index (χ1n) is 14.0. The minimum atomic E-state index is -1.06. The van der Waals surface area contributed by atoms with Crippen molar-refractivity contribution >= 4 is 40.2 Å². The topological polar surface area (TPSA) is 134 Å². The second-order valence-electron chi connectivity index (χ2n) is 9.94. The number of nitrogen functional groups attached to an aromatic ring is 2. The van der Waals surface area contributed by atoms with Crippen LogP contribution in [-0.2, 0) is 11.2 Å². The largest absolute Gasteiger partial charge is 0.494 e. The molecule has 218 valence electrons. The summed E-state index contributed by atoms with van der Waals surface area (Å²) < 4.78 is 17.1. The highest BCUT2D eigenvalue weighted by Crippen LogP contribution is 2.26. The summed E-state index contributed by atoms with van der Waals surface area (Å²) in [5.74, 6) is 0.415. The predicted octanol–water partition coefficient (Wildman–Crippen LogP) is 6.90. The molecule has 0 aliphatic rings. The highest BCUT2D eigenvalue weighted by molar-refractivity contribution is 5.93. The summed E-state index contributed by atoms with van der Waals surface area (Å²) in [6.45, 7) is 3.25. The van der Waals surface area contributed by atoms with E-state index in [1.807, 2.05) is 42.5 Å². The zero-order chi connectivity index (χ0) is 29.9. The normalized spacial score (nSPS) is 11.1. The van der Waals surface area contributed by atoms with Gasteiger partial charge in [0.25, 0.3) is 0 Å². The number of anilines is 2. The van der Waals surface area contributed by atoms with Crippen LogP contribution in [0.1, 0.15) is 54.1 Å². The van der Waals surface area contributed by atoms with Gasteiger partial charge in [0.15, 0.2) is 0 Å². The summed E-state index contributed by atoms with van der Waals surface area (Å²) in [5, 5.41) is 11.4. The van der Waals surface area contributed by atoms with Gasteiger partial charge in [0.1, 0.15) is 17.2 Å². The molecule has 4 aromatic carbocycles. The zero-order valence-corrected chi connectivity index (χ0v) is 23.7. The Morgan fingerprint density at radius 1 is 0.786 bits per heavy atom. The lowest BCUT2D eigenvalue weighted by Crippen LogP contribution is -2.09. The molecule has 8 heteroatoms. The molecule has 4 rings (SSSR count). The maximum Gasteiger partial charge on any atom is 0.336 e. The molecule has 0 amide bonds. The standard InChI is InChI=1S/C34H36N2O6/c1-2-3-4-17-41-28-14-10-25-20-29(15-11-24(25)19-28)42-33(37)16-9-23-7-12-27(13-8-23)40-18-5-6-30-31(34(38)39)21-26(35)22-32(30)36/h7-16,19-22H,2-6,17-18,35-36H2,1H3,(H,38,39)/b16-9+. The number of rotatable bonds is 14. The average Bonchev–Trinajstić information content (AvgIpc) is 2.97. The molecule has 0 spiro atoms. The first kappa shape index (κ1) is 30.0. The molecule has 0 atom stereocenters. The van der Waals surface area contributed by atoms with Crippen molar-refractivity contribution in [3.05, 3.63) is 95.6 Å². The summed E-state index contributed by atoms with van der Waals surface area (Å²) in [6, 6.07) is 21.6. The Morgan fingerprint density at radius 3 is 2.14 bits per heavy atom. The van der Waals surface area contributed by atoms with E-state index in [0.717, 1.165) is 41.3 Å². The van der Waals surface area contributed by atoms with Crippen molar-refractivity contribution in [2.24, 2.45) is 0 Å². The predicted molar refractivity (Wildman–Crippen MR) is 166 cm³/mol. The molecule has 4 aromatic rings. The van der Waals surface area contributed by atoms with Crippen molar-refractivity contribution < 1.29 is 28.9 Å². The highest BCUT2D eigenvalue weighted by atomic mass is 16.5. The van der Waals surface area contributed by atoms with Gasteiger partial charge in [-0.2, -0.15) is 0 Å². The Bertz CT molecular complexity index is 1560. The number of carboxylic acids is 1. The average molecular weight is 569 g/mol. The molecule has 0 radical (unpaired) electrons. The molecule has 0 saturated heterocycles. The van der Waals surface area contributed by atoms with E-state index >= 15 is 0 Å². The van der Waals surface area contributed by atoms with Gasteiger partial charge < -0.3 is 30.8 Å². The number of unbranched alkanes of at least 4 members (excludes halogenated alkanes) is 2. The monoisotopic (exact) mass is 568 g/mol. The van der Waals surface area contributed by atoms with E-state index < -0.39 is 11.9 Å². The summed E-state index contributed by atoms with van der Waals surface area (Å²) in [6.07, 6.45) is 7.42. The van der Waals surface area contributed by atoms with E-state index in [0.29, 0.717) is 54.5 Å². The van der Waals surface area contributed by atoms with Crippen molar-refractivity contribution in [1.82, 2.24) is 0 Å². The van der Waals surface area contributed by atoms with Crippen LogP contribution in [0.3, 0.4) is 0 Å². The molecule has 5 N–H and O–H groups in total. The van der Waals surface area contributed by atoms with E-state index in [1.54, 1.807) is 30.3 Å². The number of fused-ring (bicyclic) bond motifs is 1. The second kappa shape index (κ2) is 14.6. The lowest BCUT2D eigenvalue weighted by atomic mass is 10.00. The van der Waals surface area contributed by atoms with Gasteiger partial charge in [0, 0.05) is 17.5 Å². The number of carbonyl (C=O) groups is 2. The Labute approximate surface area is 245 Å². The maximum atomic E-state index is 12.4. The number of benzene rings is 4. The van der Waals surface area contributed by atoms with E-state index in [2.05, 4.69) is 6.92 Å². The number of ether oxygens (including phenoxy) is 3. The zero-order valence-electron chi connectivity index (χ0n) is 23.7. The van der Waals surface area contributed by atoms with Crippen molar-refractivity contribution in [2.45, 2.75) is 39.0 Å². The molecule has 0 fully saturated rings. The number of nitrogens with two attached hydrogens (primary N) is 2. The van der Waals surface area contributed by atoms with Crippen molar-refractivity contribution in [3.8, 4) is 17.2 Å². The van der Waals surface area contributed by atoms with Gasteiger partial charge in [-0.15, -0.1) is 0 Å². The Balaban J connectivity index is 1.24. The van der Waals surface area contributed by atoms with E-state index in [-0.39, 0.29) is 5.56 Å². The van der Waals surface area contributed by atoms with Gasteiger partial charge in [0.05, 0.1) is 18.8 Å². The maximum absolute atomic E-state index is 12.4. The van der Waals surface area contributed by atoms with Crippen LogP contribution in [0.25, 0.3) is 16.8 Å². The second-order valence-corrected chi connectivity index (χ2v) is 9.94. The SMILES string of the molecule is CCCCCOc1ccc2cc(OC(=O)/C=C/c3ccc(OCCCc4c(N)cc(N)cc4C(=O)O)cc3)ccc2c1. The quantitative estimate of drug-likeness (QED) is 0.0492. The number of carbonyl (C=O) groups excluding carboxylic acids is 1. The number of aromatic carboxylic acids is 1. The number of hydrogen-bond donors (Lipinski definition) is 3. The van der Waals surface area contributed by atoms with Crippen LogP contribution in [-0.4, -0.2) is 30.3 Å². The van der Waals surface area contributed by atoms with E-state index in [4.69, 9.17) is 25.7 Å². The van der Waals surface area contributed by atoms with Crippen LogP contribution in [0, 0.1) is 0 Å². The summed E-state index contributed by atoms with van der Waals surface area (Å²) >= 11 is 0. The van der Waals surface area contributed by atoms with Crippen LogP contribution in [0.4, 0.5) is 11.4 Å². The molecule has 0 aliphatic carbocycles. The Morgan fingerprint density at radius 2 is 1.43 bits per heavy atom. The lowest BCUT2D eigenvalue weighted by Gasteiger charge is -2.11. The van der Waals surface area contributed by atoms with Gasteiger partial charge in [-0.3, -0.25) is 0 Å². The van der Waals surface area contributed by atoms with Crippen LogP contribution >= 0.6 is 0 Å². The van der Waals surface area contributed by atoms with E-state index in [9.17, 15) is 14.7 Å².